The second kappa shape index (κ2) is 7.39. The van der Waals surface area contributed by atoms with Gasteiger partial charge in [-0.3, -0.25) is 4.79 Å². The fraction of sp³-hybridized carbons (Fsp3) is 0.909. The van der Waals surface area contributed by atoms with Crippen LogP contribution in [-0.4, -0.2) is 17.0 Å². The first-order valence-electron chi connectivity index (χ1n) is 10.5. The van der Waals surface area contributed by atoms with Crippen molar-refractivity contribution in [3.05, 3.63) is 0 Å². The monoisotopic (exact) mass is 345 g/mol. The van der Waals surface area contributed by atoms with Crippen molar-refractivity contribution < 1.29 is 9.90 Å². The van der Waals surface area contributed by atoms with Crippen molar-refractivity contribution >= 4 is 5.78 Å². The molecule has 3 aliphatic carbocycles. The Labute approximate surface area is 153 Å². The summed E-state index contributed by atoms with van der Waals surface area (Å²) in [5.41, 5.74) is -0.0744. The van der Waals surface area contributed by atoms with Crippen molar-refractivity contribution in [3.8, 4) is 6.07 Å². The predicted octanol–water partition coefficient (Wildman–Crippen LogP) is 4.73. The summed E-state index contributed by atoms with van der Waals surface area (Å²) in [4.78, 5) is 12.9. The number of carbonyl (C=O) groups is 1. The van der Waals surface area contributed by atoms with E-state index in [2.05, 4.69) is 26.8 Å². The van der Waals surface area contributed by atoms with Gasteiger partial charge in [0.1, 0.15) is 5.78 Å². The summed E-state index contributed by atoms with van der Waals surface area (Å²) in [7, 11) is 0. The van der Waals surface area contributed by atoms with Crippen LogP contribution in [-0.2, 0) is 4.79 Å². The minimum atomic E-state index is -0.222. The van der Waals surface area contributed by atoms with E-state index in [0.29, 0.717) is 35.9 Å². The first-order valence-corrected chi connectivity index (χ1v) is 10.5. The fourth-order valence-corrected chi connectivity index (χ4v) is 6.51. The van der Waals surface area contributed by atoms with E-state index in [0.717, 1.165) is 51.4 Å². The minimum absolute atomic E-state index is 0.0665. The Balaban J connectivity index is 1.66. The van der Waals surface area contributed by atoms with E-state index in [4.69, 9.17) is 0 Å². The molecule has 3 fully saturated rings. The Kier molecular flexibility index (Phi) is 5.59. The third-order valence-corrected chi connectivity index (χ3v) is 8.04. The predicted molar refractivity (Wildman–Crippen MR) is 98.6 cm³/mol. The van der Waals surface area contributed by atoms with Crippen LogP contribution in [0.15, 0.2) is 0 Å². The highest BCUT2D eigenvalue weighted by atomic mass is 16.3. The molecule has 0 unspecified atom stereocenters. The van der Waals surface area contributed by atoms with Crippen LogP contribution < -0.4 is 0 Å². The van der Waals surface area contributed by atoms with E-state index in [-0.39, 0.29) is 23.4 Å². The van der Waals surface area contributed by atoms with Gasteiger partial charge in [0.05, 0.1) is 18.1 Å². The van der Waals surface area contributed by atoms with E-state index in [1.807, 2.05) is 0 Å². The lowest BCUT2D eigenvalue weighted by Gasteiger charge is -2.50. The number of rotatable bonds is 5. The van der Waals surface area contributed by atoms with Gasteiger partial charge >= 0.3 is 0 Å². The largest absolute Gasteiger partial charge is 0.393 e. The zero-order valence-electron chi connectivity index (χ0n) is 16.2. The summed E-state index contributed by atoms with van der Waals surface area (Å²) >= 11 is 0. The molecule has 0 aromatic heterocycles. The fourth-order valence-electron chi connectivity index (χ4n) is 6.51. The zero-order valence-corrected chi connectivity index (χ0v) is 16.2. The molecule has 0 saturated heterocycles. The van der Waals surface area contributed by atoms with Gasteiger partial charge in [-0.25, -0.2) is 0 Å². The molecule has 0 aromatic rings. The van der Waals surface area contributed by atoms with Crippen LogP contribution in [0.25, 0.3) is 0 Å². The molecule has 3 heteroatoms. The van der Waals surface area contributed by atoms with Gasteiger partial charge in [0.2, 0.25) is 0 Å². The van der Waals surface area contributed by atoms with Gasteiger partial charge < -0.3 is 5.11 Å². The second-order valence-electron chi connectivity index (χ2n) is 9.53. The van der Waals surface area contributed by atoms with E-state index < -0.39 is 0 Å². The topological polar surface area (TPSA) is 61.1 Å². The first-order chi connectivity index (χ1) is 11.9. The molecule has 0 spiro atoms. The van der Waals surface area contributed by atoms with Crippen LogP contribution in [0.2, 0.25) is 0 Å². The second-order valence-corrected chi connectivity index (χ2v) is 9.53. The van der Waals surface area contributed by atoms with Crippen LogP contribution in [0.4, 0.5) is 0 Å². The highest BCUT2D eigenvalue weighted by Gasteiger charge is 2.57. The number of nitrogens with zero attached hydrogens (tertiary/aromatic N) is 1. The number of ketones is 1. The molecule has 0 heterocycles. The Bertz CT molecular complexity index is 539. The number of hydrogen-bond acceptors (Lipinski definition) is 3. The molecule has 0 amide bonds. The molecule has 140 valence electrons. The van der Waals surface area contributed by atoms with Crippen LogP contribution in [0, 0.1) is 52.3 Å². The Morgan fingerprint density at radius 1 is 1.32 bits per heavy atom. The summed E-state index contributed by atoms with van der Waals surface area (Å²) in [5, 5.41) is 20.0. The molecule has 3 rings (SSSR count). The standard InChI is InChI=1S/C22H35NO2/c1-4-5-14(2)20(24)11-15-6-8-17-18(10-15)21(25)12-22(3)16(13-23)7-9-19(17)22/h14-20,24H,4-12H2,1-3H3/t14-,15+,16+,17+,18+,19-,20-,22+/m0/s1. The average molecular weight is 346 g/mol. The highest BCUT2D eigenvalue weighted by molar-refractivity contribution is 5.83. The highest BCUT2D eigenvalue weighted by Crippen LogP contribution is 2.60. The summed E-state index contributed by atoms with van der Waals surface area (Å²) in [5.74, 6) is 2.58. The normalized spacial score (nSPS) is 43.0. The first kappa shape index (κ1) is 18.9. The van der Waals surface area contributed by atoms with Crippen molar-refractivity contribution in [1.29, 1.82) is 5.26 Å². The van der Waals surface area contributed by atoms with Crippen molar-refractivity contribution in [1.82, 2.24) is 0 Å². The van der Waals surface area contributed by atoms with Crippen molar-refractivity contribution in [2.75, 3.05) is 0 Å². The maximum atomic E-state index is 12.9. The van der Waals surface area contributed by atoms with E-state index in [1.54, 1.807) is 0 Å². The number of carbonyl (C=O) groups excluding carboxylic acids is 1. The van der Waals surface area contributed by atoms with Crippen LogP contribution in [0.5, 0.6) is 0 Å². The number of fused-ring (bicyclic) bond motifs is 3. The minimum Gasteiger partial charge on any atom is -0.393 e. The van der Waals surface area contributed by atoms with E-state index in [1.165, 1.54) is 0 Å². The smallest absolute Gasteiger partial charge is 0.136 e. The third kappa shape index (κ3) is 3.39. The lowest BCUT2D eigenvalue weighted by molar-refractivity contribution is -0.139. The summed E-state index contributed by atoms with van der Waals surface area (Å²) < 4.78 is 0. The molecule has 0 aromatic carbocycles. The number of nitriles is 1. The van der Waals surface area contributed by atoms with Crippen LogP contribution in [0.3, 0.4) is 0 Å². The Hall–Kier alpha value is -0.880. The molecular weight excluding hydrogens is 310 g/mol. The van der Waals surface area contributed by atoms with Gasteiger partial charge in [0.15, 0.2) is 0 Å². The molecule has 3 saturated carbocycles. The molecule has 0 aliphatic heterocycles. The van der Waals surface area contributed by atoms with E-state index in [9.17, 15) is 15.2 Å². The van der Waals surface area contributed by atoms with Gasteiger partial charge in [-0.2, -0.15) is 5.26 Å². The molecule has 0 bridgehead atoms. The SMILES string of the molecule is CCC[C@H](C)[C@@H](O)C[C@@H]1CC[C@@H]2[C@@H](C1)C(=O)C[C@]1(C)[C@@H](C#N)CC[C@@H]21. The van der Waals surface area contributed by atoms with Gasteiger partial charge in [0.25, 0.3) is 0 Å². The molecule has 8 atom stereocenters. The molecule has 3 nitrogen and oxygen atoms in total. The maximum Gasteiger partial charge on any atom is 0.136 e. The summed E-state index contributed by atoms with van der Waals surface area (Å²) in [6, 6.07) is 2.49. The van der Waals surface area contributed by atoms with Crippen molar-refractivity contribution in [2.45, 2.75) is 84.7 Å². The summed E-state index contributed by atoms with van der Waals surface area (Å²) in [6.07, 6.45) is 8.79. The quantitative estimate of drug-likeness (QED) is 0.783. The maximum absolute atomic E-state index is 12.9. The lowest BCUT2D eigenvalue weighted by atomic mass is 9.53. The molecular formula is C22H35NO2. The lowest BCUT2D eigenvalue weighted by Crippen LogP contribution is -2.48. The Morgan fingerprint density at radius 2 is 2.08 bits per heavy atom. The third-order valence-electron chi connectivity index (χ3n) is 8.04. The van der Waals surface area contributed by atoms with Gasteiger partial charge in [-0.1, -0.05) is 33.6 Å². The molecule has 1 N–H and O–H groups in total. The Morgan fingerprint density at radius 3 is 2.76 bits per heavy atom. The number of aliphatic hydroxyl groups is 1. The molecule has 25 heavy (non-hydrogen) atoms. The van der Waals surface area contributed by atoms with E-state index >= 15 is 0 Å². The van der Waals surface area contributed by atoms with Crippen LogP contribution >= 0.6 is 0 Å². The number of hydrogen-bond donors (Lipinski definition) is 1. The van der Waals surface area contributed by atoms with Gasteiger partial charge in [-0.05, 0) is 67.6 Å². The number of Topliss-reactive ketones (excluding diaryl/α,β-unsaturated/α-hetero) is 1. The molecule has 0 radical (unpaired) electrons. The zero-order chi connectivity index (χ0) is 18.2. The van der Waals surface area contributed by atoms with Gasteiger partial charge in [0, 0.05) is 12.3 Å². The van der Waals surface area contributed by atoms with Crippen molar-refractivity contribution in [3.63, 3.8) is 0 Å². The number of aliphatic hydroxyl groups excluding tert-OH is 1. The molecule has 3 aliphatic rings. The summed E-state index contributed by atoms with van der Waals surface area (Å²) in [6.45, 7) is 6.52. The van der Waals surface area contributed by atoms with Gasteiger partial charge in [-0.15, -0.1) is 0 Å². The van der Waals surface area contributed by atoms with Crippen LogP contribution in [0.1, 0.15) is 78.6 Å². The average Bonchev–Trinajstić information content (AvgIpc) is 2.91. The van der Waals surface area contributed by atoms with Crippen molar-refractivity contribution in [2.24, 2.45) is 40.9 Å².